The molecule has 0 spiro atoms. The molecule has 0 saturated carbocycles. The Hall–Kier alpha value is -1.20. The average Bonchev–Trinajstić information content (AvgIpc) is 2.19. The molecule has 0 radical (unpaired) electrons. The maximum Gasteiger partial charge on any atom is 0.0750 e. The summed E-state index contributed by atoms with van der Waals surface area (Å²) >= 11 is 0. The Morgan fingerprint density at radius 1 is 1.08 bits per heavy atom. The fourth-order valence-electron chi connectivity index (χ4n) is 1.21. The van der Waals surface area contributed by atoms with Gasteiger partial charge in [0.1, 0.15) is 0 Å². The fourth-order valence-corrected chi connectivity index (χ4v) is 1.91. The second-order valence-electron chi connectivity index (χ2n) is 2.91. The quantitative estimate of drug-likeness (QED) is 0.664. The van der Waals surface area contributed by atoms with E-state index in [0.717, 1.165) is 11.4 Å². The van der Waals surface area contributed by atoms with Gasteiger partial charge in [-0.05, 0) is 18.5 Å². The smallest absolute Gasteiger partial charge is 0.0750 e. The van der Waals surface area contributed by atoms with Crippen LogP contribution in [0.5, 0.6) is 0 Å². The Morgan fingerprint density at radius 2 is 1.85 bits per heavy atom. The maximum atomic E-state index is 4.47. The number of aryl methyl sites for hydroxylation is 1. The Labute approximate surface area is 79.6 Å². The van der Waals surface area contributed by atoms with E-state index in [0.29, 0.717) is 0 Å². The molecule has 1 heterocycles. The van der Waals surface area contributed by atoms with Crippen molar-refractivity contribution in [2.45, 2.75) is 6.92 Å². The van der Waals surface area contributed by atoms with Gasteiger partial charge in [0.05, 0.1) is 5.69 Å². The van der Waals surface area contributed by atoms with Crippen molar-refractivity contribution in [3.05, 3.63) is 47.6 Å². The highest BCUT2D eigenvalue weighted by atomic mass is 31.0. The number of nitrogens with zero attached hydrogens (tertiary/aromatic N) is 1. The number of benzene rings is 1. The second kappa shape index (κ2) is 3.68. The highest BCUT2D eigenvalue weighted by Crippen LogP contribution is 2.20. The van der Waals surface area contributed by atoms with Crippen molar-refractivity contribution in [2.75, 3.05) is 0 Å². The third-order valence-corrected chi connectivity index (χ3v) is 2.74. The first-order chi connectivity index (χ1) is 6.36. The first-order valence-corrected chi connectivity index (χ1v) is 5.23. The molecule has 1 aromatic carbocycles. The van der Waals surface area contributed by atoms with Gasteiger partial charge in [0.25, 0.3) is 0 Å². The average molecular weight is 187 g/mol. The van der Waals surface area contributed by atoms with Crippen LogP contribution in [-0.4, -0.2) is 4.98 Å². The van der Waals surface area contributed by atoms with Gasteiger partial charge in [-0.1, -0.05) is 38.5 Å². The minimum atomic E-state index is 1.09. The number of hydrogen-bond acceptors (Lipinski definition) is 1. The van der Waals surface area contributed by atoms with Crippen molar-refractivity contribution in [1.29, 1.82) is 0 Å². The highest BCUT2D eigenvalue weighted by Gasteiger charge is 1.96. The van der Waals surface area contributed by atoms with Crippen LogP contribution in [0.15, 0.2) is 41.9 Å². The van der Waals surface area contributed by atoms with Crippen LogP contribution in [0.3, 0.4) is 0 Å². The Morgan fingerprint density at radius 3 is 2.54 bits per heavy atom. The second-order valence-corrected chi connectivity index (χ2v) is 3.73. The van der Waals surface area contributed by atoms with E-state index in [1.807, 2.05) is 25.1 Å². The summed E-state index contributed by atoms with van der Waals surface area (Å²) in [5.41, 5.74) is 3.38. The van der Waals surface area contributed by atoms with Crippen LogP contribution in [0.4, 0.5) is 0 Å². The number of aromatic nitrogens is 1. The monoisotopic (exact) mass is 187 g/mol. The number of hydrogen-bond donors (Lipinski definition) is 0. The molecule has 0 saturated heterocycles. The van der Waals surface area contributed by atoms with Crippen molar-refractivity contribution in [3.8, 4) is 11.3 Å². The zero-order valence-electron chi connectivity index (χ0n) is 7.44. The minimum absolute atomic E-state index is 1.09. The maximum absolute atomic E-state index is 4.47. The molecule has 2 aromatic rings. The summed E-state index contributed by atoms with van der Waals surface area (Å²) < 4.78 is 0. The normalized spacial score (nSPS) is 10.5. The summed E-state index contributed by atoms with van der Waals surface area (Å²) in [4.78, 5) is 4.47. The van der Waals surface area contributed by atoms with Crippen molar-refractivity contribution in [3.63, 3.8) is 0 Å². The molecule has 0 fully saturated rings. The lowest BCUT2D eigenvalue weighted by molar-refractivity contribution is 1.23. The minimum Gasteiger partial charge on any atom is -0.252 e. The van der Waals surface area contributed by atoms with E-state index >= 15 is 0 Å². The van der Waals surface area contributed by atoms with Gasteiger partial charge in [-0.15, -0.1) is 0 Å². The molecular weight excluding hydrogens is 177 g/mol. The van der Waals surface area contributed by atoms with Gasteiger partial charge in [0, 0.05) is 11.3 Å². The molecule has 2 heteroatoms. The zero-order chi connectivity index (χ0) is 9.10. The Balaban J connectivity index is 2.48. The topological polar surface area (TPSA) is 12.9 Å². The van der Waals surface area contributed by atoms with Crippen LogP contribution < -0.4 is 0 Å². The van der Waals surface area contributed by atoms with Crippen LogP contribution in [0.1, 0.15) is 5.69 Å². The van der Waals surface area contributed by atoms with E-state index in [9.17, 15) is 0 Å². The summed E-state index contributed by atoms with van der Waals surface area (Å²) in [6.45, 7) is 2.03. The molecule has 2 rings (SSSR count). The van der Waals surface area contributed by atoms with Crippen LogP contribution in [0.25, 0.3) is 11.3 Å². The molecular formula is C11H10NP. The summed E-state index contributed by atoms with van der Waals surface area (Å²) in [5, 5.41) is 0. The third-order valence-electron chi connectivity index (χ3n) is 1.82. The molecule has 1 aromatic heterocycles. The van der Waals surface area contributed by atoms with Gasteiger partial charge < -0.3 is 0 Å². The van der Waals surface area contributed by atoms with E-state index in [1.165, 1.54) is 13.8 Å². The zero-order valence-corrected chi connectivity index (χ0v) is 8.33. The molecule has 0 atom stereocenters. The molecule has 0 N–H and O–H groups in total. The molecule has 1 nitrogen and oxygen atoms in total. The number of rotatable bonds is 1. The van der Waals surface area contributed by atoms with Gasteiger partial charge in [-0.25, -0.2) is 0 Å². The van der Waals surface area contributed by atoms with E-state index in [4.69, 9.17) is 0 Å². The van der Waals surface area contributed by atoms with Crippen LogP contribution in [0.2, 0.25) is 0 Å². The van der Waals surface area contributed by atoms with Crippen LogP contribution in [-0.2, 0) is 0 Å². The van der Waals surface area contributed by atoms with Gasteiger partial charge in [-0.2, -0.15) is 0 Å². The first kappa shape index (κ1) is 8.40. The van der Waals surface area contributed by atoms with E-state index < -0.39 is 0 Å². The lowest BCUT2D eigenvalue weighted by atomic mass is 10.2. The Bertz CT molecular complexity index is 398. The van der Waals surface area contributed by atoms with Gasteiger partial charge >= 0.3 is 0 Å². The van der Waals surface area contributed by atoms with Gasteiger partial charge in [0.2, 0.25) is 0 Å². The molecule has 0 aliphatic heterocycles. The summed E-state index contributed by atoms with van der Waals surface area (Å²) in [5.74, 6) is 4.23. The molecule has 0 unspecified atom stereocenters. The van der Waals surface area contributed by atoms with E-state index in [-0.39, 0.29) is 0 Å². The van der Waals surface area contributed by atoms with Crippen molar-refractivity contribution >= 4 is 8.19 Å². The predicted octanol–water partition coefficient (Wildman–Crippen LogP) is 3.64. The SMILES string of the molecule is Cc1cpcc(-c2ccccc2)n1. The van der Waals surface area contributed by atoms with Crippen LogP contribution in [0, 0.1) is 6.92 Å². The largest absolute Gasteiger partial charge is 0.252 e. The van der Waals surface area contributed by atoms with Gasteiger partial charge in [-0.3, -0.25) is 4.98 Å². The summed E-state index contributed by atoms with van der Waals surface area (Å²) in [6.07, 6.45) is 0. The molecule has 0 aliphatic rings. The lowest BCUT2D eigenvalue weighted by Gasteiger charge is -1.99. The predicted molar refractivity (Wildman–Crippen MR) is 56.9 cm³/mol. The standard InChI is InChI=1S/C11H10NP/c1-9-7-13-8-11(12-9)10-5-3-2-4-6-10/h2-8H,1H3. The lowest BCUT2D eigenvalue weighted by Crippen LogP contribution is -1.82. The van der Waals surface area contributed by atoms with E-state index in [1.54, 1.807) is 0 Å². The third kappa shape index (κ3) is 1.93. The summed E-state index contributed by atoms with van der Waals surface area (Å²) in [6, 6.07) is 10.3. The Kier molecular flexibility index (Phi) is 2.37. The van der Waals surface area contributed by atoms with Crippen molar-refractivity contribution < 1.29 is 0 Å². The van der Waals surface area contributed by atoms with E-state index in [2.05, 4.69) is 28.7 Å². The van der Waals surface area contributed by atoms with Gasteiger partial charge in [0.15, 0.2) is 0 Å². The first-order valence-electron chi connectivity index (χ1n) is 4.20. The molecule has 0 amide bonds. The summed E-state index contributed by atoms with van der Waals surface area (Å²) in [7, 11) is 1.23. The van der Waals surface area contributed by atoms with Crippen molar-refractivity contribution in [2.24, 2.45) is 0 Å². The highest BCUT2D eigenvalue weighted by molar-refractivity contribution is 7.28. The molecule has 0 aliphatic carbocycles. The fraction of sp³-hybridized carbons (Fsp3) is 0.0909. The molecule has 0 bridgehead atoms. The molecule has 64 valence electrons. The molecule has 13 heavy (non-hydrogen) atoms. The van der Waals surface area contributed by atoms with Crippen LogP contribution >= 0.6 is 8.19 Å². The van der Waals surface area contributed by atoms with Crippen molar-refractivity contribution in [1.82, 2.24) is 4.98 Å².